The van der Waals surface area contributed by atoms with Gasteiger partial charge in [0.15, 0.2) is 6.34 Å². The second kappa shape index (κ2) is 2.02. The van der Waals surface area contributed by atoms with E-state index >= 15 is 0 Å². The van der Waals surface area contributed by atoms with Gasteiger partial charge in [0.25, 0.3) is 0 Å². The summed E-state index contributed by atoms with van der Waals surface area (Å²) in [6, 6.07) is 7.82. The van der Waals surface area contributed by atoms with Crippen LogP contribution in [-0.4, -0.2) is 6.34 Å². The Hall–Kier alpha value is -1.51. The van der Waals surface area contributed by atoms with Crippen LogP contribution in [0.1, 0.15) is 0 Å². The molecule has 0 atom stereocenters. The monoisotopic (exact) mass is 132 g/mol. The summed E-state index contributed by atoms with van der Waals surface area (Å²) in [5, 5.41) is 6.59. The third-order valence-electron chi connectivity index (χ3n) is 1.35. The summed E-state index contributed by atoms with van der Waals surface area (Å²) in [5.74, 6) is 0. The lowest BCUT2D eigenvalue weighted by atomic mass is 10.3. The predicted molar refractivity (Wildman–Crippen MR) is 41.1 cm³/mol. The molecule has 0 fully saturated rings. The molecule has 1 radical (unpaired) electrons. The number of benzene rings is 1. The molecule has 1 aliphatic rings. The minimum absolute atomic E-state index is 0.987. The van der Waals surface area contributed by atoms with Gasteiger partial charge in [-0.25, -0.2) is 0 Å². The first-order chi connectivity index (χ1) is 4.97. The minimum atomic E-state index is 0.987. The van der Waals surface area contributed by atoms with Gasteiger partial charge in [0.2, 0.25) is 0 Å². The fourth-order valence-corrected chi connectivity index (χ4v) is 0.866. The molecule has 2 N–H and O–H groups in total. The van der Waals surface area contributed by atoms with Crippen molar-refractivity contribution in [2.24, 2.45) is 5.10 Å². The smallest absolute Gasteiger partial charge is 0.195 e. The highest BCUT2D eigenvalue weighted by Gasteiger charge is 2.00. The highest BCUT2D eigenvalue weighted by molar-refractivity contribution is 5.86. The van der Waals surface area contributed by atoms with E-state index in [9.17, 15) is 0 Å². The van der Waals surface area contributed by atoms with Crippen LogP contribution in [0.5, 0.6) is 0 Å². The van der Waals surface area contributed by atoms with Crippen LogP contribution in [0.4, 0.5) is 11.4 Å². The standard InChI is InChI=1S/C7H6N3/c1-2-4-7-6(3-1)8-5-9-10-7/h1-4,10H,(H,8,9). The number of hydrogen-bond donors (Lipinski definition) is 2. The van der Waals surface area contributed by atoms with E-state index in [1.807, 2.05) is 24.3 Å². The second-order valence-electron chi connectivity index (χ2n) is 2.01. The molecular formula is C7H6N3. The van der Waals surface area contributed by atoms with Gasteiger partial charge < -0.3 is 5.32 Å². The number of rotatable bonds is 0. The molecule has 0 saturated heterocycles. The Morgan fingerprint density at radius 3 is 2.80 bits per heavy atom. The van der Waals surface area contributed by atoms with Gasteiger partial charge in [-0.15, -0.1) is 0 Å². The molecule has 0 aliphatic carbocycles. The number of nitrogens with zero attached hydrogens (tertiary/aromatic N) is 1. The Morgan fingerprint density at radius 2 is 2.00 bits per heavy atom. The highest BCUT2D eigenvalue weighted by atomic mass is 15.3. The maximum absolute atomic E-state index is 3.71. The summed E-state index contributed by atoms with van der Waals surface area (Å²) >= 11 is 0. The van der Waals surface area contributed by atoms with Crippen molar-refractivity contribution in [1.29, 1.82) is 0 Å². The van der Waals surface area contributed by atoms with Crippen LogP contribution in [0.25, 0.3) is 0 Å². The van der Waals surface area contributed by atoms with Gasteiger partial charge in [-0.2, -0.15) is 5.10 Å². The van der Waals surface area contributed by atoms with Crippen LogP contribution in [-0.2, 0) is 0 Å². The molecule has 1 aromatic carbocycles. The Morgan fingerprint density at radius 1 is 1.20 bits per heavy atom. The van der Waals surface area contributed by atoms with Gasteiger partial charge in [0, 0.05) is 0 Å². The molecule has 0 amide bonds. The quantitative estimate of drug-likeness (QED) is 0.559. The zero-order valence-corrected chi connectivity index (χ0v) is 5.26. The Balaban J connectivity index is 2.47. The Kier molecular flexibility index (Phi) is 1.07. The summed E-state index contributed by atoms with van der Waals surface area (Å²) in [6.07, 6.45) is 2.60. The van der Waals surface area contributed by atoms with E-state index in [1.54, 1.807) is 0 Å². The molecule has 49 valence electrons. The molecule has 10 heavy (non-hydrogen) atoms. The molecule has 1 aliphatic heterocycles. The predicted octanol–water partition coefficient (Wildman–Crippen LogP) is 1.34. The van der Waals surface area contributed by atoms with Gasteiger partial charge in [0.1, 0.15) is 0 Å². The van der Waals surface area contributed by atoms with E-state index in [0.29, 0.717) is 0 Å². The maximum Gasteiger partial charge on any atom is 0.195 e. The number of para-hydroxylation sites is 2. The van der Waals surface area contributed by atoms with E-state index < -0.39 is 0 Å². The molecule has 0 aromatic heterocycles. The van der Waals surface area contributed by atoms with Crippen molar-refractivity contribution in [3.8, 4) is 0 Å². The second-order valence-corrected chi connectivity index (χ2v) is 2.01. The zero-order valence-electron chi connectivity index (χ0n) is 5.26. The molecule has 0 unspecified atom stereocenters. The highest BCUT2D eigenvalue weighted by Crippen LogP contribution is 2.21. The number of nitrogens with one attached hydrogen (secondary N) is 2. The number of hydrazone groups is 1. The average Bonchev–Trinajstić information content (AvgIpc) is 2.05. The van der Waals surface area contributed by atoms with E-state index in [1.165, 1.54) is 0 Å². The SMILES string of the molecule is [C]1=NNc2ccccc2N1. The molecular weight excluding hydrogens is 126 g/mol. The minimum Gasteiger partial charge on any atom is -0.334 e. The van der Waals surface area contributed by atoms with Gasteiger partial charge in [-0.05, 0) is 12.1 Å². The average molecular weight is 132 g/mol. The van der Waals surface area contributed by atoms with Crippen molar-refractivity contribution in [2.75, 3.05) is 10.7 Å². The molecule has 0 spiro atoms. The molecule has 1 heterocycles. The van der Waals surface area contributed by atoms with Crippen LogP contribution in [0.3, 0.4) is 0 Å². The Labute approximate surface area is 58.8 Å². The summed E-state index contributed by atoms with van der Waals surface area (Å²) in [5.41, 5.74) is 4.81. The summed E-state index contributed by atoms with van der Waals surface area (Å²) in [6.45, 7) is 0. The van der Waals surface area contributed by atoms with Gasteiger partial charge >= 0.3 is 0 Å². The van der Waals surface area contributed by atoms with Gasteiger partial charge in [-0.1, -0.05) is 12.1 Å². The van der Waals surface area contributed by atoms with Crippen molar-refractivity contribution in [3.63, 3.8) is 0 Å². The van der Waals surface area contributed by atoms with Crippen LogP contribution in [0.15, 0.2) is 29.4 Å². The first kappa shape index (κ1) is 5.29. The lowest BCUT2D eigenvalue weighted by Gasteiger charge is -2.10. The van der Waals surface area contributed by atoms with Crippen molar-refractivity contribution >= 4 is 17.7 Å². The zero-order chi connectivity index (χ0) is 6.81. The van der Waals surface area contributed by atoms with Crippen LogP contribution >= 0.6 is 0 Å². The normalized spacial score (nSPS) is 13.2. The van der Waals surface area contributed by atoms with Crippen LogP contribution < -0.4 is 10.7 Å². The third kappa shape index (κ3) is 0.719. The van der Waals surface area contributed by atoms with E-state index in [2.05, 4.69) is 22.2 Å². The molecule has 3 heteroatoms. The molecule has 1 aromatic rings. The van der Waals surface area contributed by atoms with Crippen molar-refractivity contribution in [3.05, 3.63) is 24.3 Å². The first-order valence-corrected chi connectivity index (χ1v) is 3.02. The van der Waals surface area contributed by atoms with E-state index in [4.69, 9.17) is 0 Å². The summed E-state index contributed by atoms with van der Waals surface area (Å²) in [4.78, 5) is 0. The molecule has 2 rings (SSSR count). The molecule has 0 saturated carbocycles. The Bertz CT molecular complexity index is 240. The van der Waals surface area contributed by atoms with E-state index in [0.717, 1.165) is 11.4 Å². The van der Waals surface area contributed by atoms with Gasteiger partial charge in [-0.3, -0.25) is 5.43 Å². The maximum atomic E-state index is 3.71. The van der Waals surface area contributed by atoms with Crippen molar-refractivity contribution in [1.82, 2.24) is 0 Å². The number of anilines is 2. The first-order valence-electron chi connectivity index (χ1n) is 3.02. The summed E-state index contributed by atoms with van der Waals surface area (Å²) in [7, 11) is 0. The number of fused-ring (bicyclic) bond motifs is 1. The van der Waals surface area contributed by atoms with E-state index in [-0.39, 0.29) is 0 Å². The molecule has 0 bridgehead atoms. The fourth-order valence-electron chi connectivity index (χ4n) is 0.866. The van der Waals surface area contributed by atoms with Crippen molar-refractivity contribution in [2.45, 2.75) is 0 Å². The lowest BCUT2D eigenvalue weighted by Crippen LogP contribution is -2.06. The van der Waals surface area contributed by atoms with Crippen molar-refractivity contribution < 1.29 is 0 Å². The fraction of sp³-hybridized carbons (Fsp3) is 0. The van der Waals surface area contributed by atoms with Crippen LogP contribution in [0.2, 0.25) is 0 Å². The lowest BCUT2D eigenvalue weighted by molar-refractivity contribution is 1.32. The largest absolute Gasteiger partial charge is 0.334 e. The topological polar surface area (TPSA) is 36.4 Å². The van der Waals surface area contributed by atoms with Gasteiger partial charge in [0.05, 0.1) is 11.4 Å². The molecule has 3 nitrogen and oxygen atoms in total. The number of hydrogen-bond acceptors (Lipinski definition) is 3. The third-order valence-corrected chi connectivity index (χ3v) is 1.35. The summed E-state index contributed by atoms with van der Waals surface area (Å²) < 4.78 is 0. The van der Waals surface area contributed by atoms with Crippen LogP contribution in [0, 0.1) is 0 Å².